The minimum atomic E-state index is -0.755. The third-order valence-corrected chi connectivity index (χ3v) is 2.79. The zero-order chi connectivity index (χ0) is 10.8. The maximum atomic E-state index is 11.6. The quantitative estimate of drug-likeness (QED) is 0.778. The van der Waals surface area contributed by atoms with Crippen molar-refractivity contribution in [3.8, 4) is 0 Å². The number of aromatic nitrogens is 2. The standard InChI is InChI=1S/C11H16N2O2/c1-2-13-7-8(6-12-13)5-10(14)11(15)9-3-4-9/h6-7,9,11,15H,2-5H2,1H3. The molecule has 1 aliphatic rings. The van der Waals surface area contributed by atoms with Crippen molar-refractivity contribution in [3.05, 3.63) is 18.0 Å². The van der Waals surface area contributed by atoms with Gasteiger partial charge in [-0.25, -0.2) is 0 Å². The molecule has 2 rings (SSSR count). The van der Waals surface area contributed by atoms with Gasteiger partial charge in [0, 0.05) is 19.2 Å². The number of carbonyl (C=O) groups is 1. The van der Waals surface area contributed by atoms with Crippen LogP contribution in [-0.4, -0.2) is 26.8 Å². The second kappa shape index (κ2) is 4.14. The summed E-state index contributed by atoms with van der Waals surface area (Å²) in [5.74, 6) is 0.145. The van der Waals surface area contributed by atoms with E-state index in [-0.39, 0.29) is 11.7 Å². The van der Waals surface area contributed by atoms with E-state index in [1.165, 1.54) is 0 Å². The second-order valence-corrected chi connectivity index (χ2v) is 4.13. The van der Waals surface area contributed by atoms with Crippen LogP contribution >= 0.6 is 0 Å². The van der Waals surface area contributed by atoms with Crippen molar-refractivity contribution in [1.29, 1.82) is 0 Å². The van der Waals surface area contributed by atoms with Gasteiger partial charge in [-0.1, -0.05) is 0 Å². The molecule has 0 saturated heterocycles. The minimum absolute atomic E-state index is 0.0758. The summed E-state index contributed by atoms with van der Waals surface area (Å²) >= 11 is 0. The molecule has 1 aliphatic carbocycles. The fraction of sp³-hybridized carbons (Fsp3) is 0.636. The van der Waals surface area contributed by atoms with Crippen molar-refractivity contribution in [2.75, 3.05) is 0 Å². The number of aliphatic hydroxyl groups excluding tert-OH is 1. The molecule has 0 amide bonds. The van der Waals surface area contributed by atoms with Crippen LogP contribution < -0.4 is 0 Å². The minimum Gasteiger partial charge on any atom is -0.385 e. The normalized spacial score (nSPS) is 17.7. The summed E-state index contributed by atoms with van der Waals surface area (Å²) in [5.41, 5.74) is 0.890. The molecule has 1 fully saturated rings. The Bertz CT molecular complexity index is 355. The lowest BCUT2D eigenvalue weighted by molar-refractivity contribution is -0.127. The average molecular weight is 208 g/mol. The number of ketones is 1. The summed E-state index contributed by atoms with van der Waals surface area (Å²) in [6.45, 7) is 2.80. The van der Waals surface area contributed by atoms with E-state index < -0.39 is 6.10 Å². The first-order chi connectivity index (χ1) is 7.20. The van der Waals surface area contributed by atoms with Crippen molar-refractivity contribution in [3.63, 3.8) is 0 Å². The number of aryl methyl sites for hydroxylation is 1. The lowest BCUT2D eigenvalue weighted by atomic mass is 10.1. The summed E-state index contributed by atoms with van der Waals surface area (Å²) in [7, 11) is 0. The summed E-state index contributed by atoms with van der Waals surface area (Å²) in [6, 6.07) is 0. The molecule has 0 aliphatic heterocycles. The number of rotatable bonds is 5. The molecule has 15 heavy (non-hydrogen) atoms. The van der Waals surface area contributed by atoms with Crippen molar-refractivity contribution in [2.45, 2.75) is 38.8 Å². The summed E-state index contributed by atoms with van der Waals surface area (Å²) in [5, 5.41) is 13.7. The first-order valence-corrected chi connectivity index (χ1v) is 5.43. The van der Waals surface area contributed by atoms with Gasteiger partial charge in [0.15, 0.2) is 5.78 Å². The Labute approximate surface area is 88.9 Å². The summed E-state index contributed by atoms with van der Waals surface area (Å²) in [6.07, 6.45) is 5.08. The molecular formula is C11H16N2O2. The van der Waals surface area contributed by atoms with Crippen LogP contribution in [0.4, 0.5) is 0 Å². The fourth-order valence-corrected chi connectivity index (χ4v) is 1.65. The van der Waals surface area contributed by atoms with Crippen molar-refractivity contribution >= 4 is 5.78 Å². The zero-order valence-corrected chi connectivity index (χ0v) is 8.89. The molecule has 1 N–H and O–H groups in total. The lowest BCUT2D eigenvalue weighted by Crippen LogP contribution is -2.24. The van der Waals surface area contributed by atoms with E-state index in [0.717, 1.165) is 24.9 Å². The number of hydrogen-bond donors (Lipinski definition) is 1. The van der Waals surface area contributed by atoms with Crippen LogP contribution in [0, 0.1) is 5.92 Å². The van der Waals surface area contributed by atoms with Crippen molar-refractivity contribution in [1.82, 2.24) is 9.78 Å². The van der Waals surface area contributed by atoms with Crippen LogP contribution in [0.25, 0.3) is 0 Å². The fourth-order valence-electron chi connectivity index (χ4n) is 1.65. The number of aliphatic hydroxyl groups is 1. The van der Waals surface area contributed by atoms with Gasteiger partial charge in [-0.05, 0) is 31.2 Å². The van der Waals surface area contributed by atoms with Gasteiger partial charge < -0.3 is 5.11 Å². The molecule has 1 aromatic heterocycles. The largest absolute Gasteiger partial charge is 0.385 e. The molecule has 82 valence electrons. The van der Waals surface area contributed by atoms with Crippen LogP contribution in [-0.2, 0) is 17.8 Å². The highest BCUT2D eigenvalue weighted by Crippen LogP contribution is 2.33. The van der Waals surface area contributed by atoms with Gasteiger partial charge in [-0.2, -0.15) is 5.10 Å². The van der Waals surface area contributed by atoms with Gasteiger partial charge in [0.2, 0.25) is 0 Å². The number of carbonyl (C=O) groups excluding carboxylic acids is 1. The Morgan fingerprint density at radius 2 is 2.47 bits per heavy atom. The first-order valence-electron chi connectivity index (χ1n) is 5.43. The molecule has 0 radical (unpaired) electrons. The van der Waals surface area contributed by atoms with Crippen LogP contribution in [0.1, 0.15) is 25.3 Å². The highest BCUT2D eigenvalue weighted by atomic mass is 16.3. The summed E-state index contributed by atoms with van der Waals surface area (Å²) < 4.78 is 1.78. The van der Waals surface area contributed by atoms with Crippen LogP contribution in [0.15, 0.2) is 12.4 Å². The van der Waals surface area contributed by atoms with Crippen LogP contribution in [0.2, 0.25) is 0 Å². The molecule has 1 heterocycles. The van der Waals surface area contributed by atoms with E-state index in [1.807, 2.05) is 13.1 Å². The predicted molar refractivity (Wildman–Crippen MR) is 55.3 cm³/mol. The van der Waals surface area contributed by atoms with Gasteiger partial charge in [-0.3, -0.25) is 9.48 Å². The molecule has 1 aromatic rings. The Hall–Kier alpha value is -1.16. The van der Waals surface area contributed by atoms with Gasteiger partial charge in [0.25, 0.3) is 0 Å². The maximum absolute atomic E-state index is 11.6. The maximum Gasteiger partial charge on any atom is 0.166 e. The smallest absolute Gasteiger partial charge is 0.166 e. The molecule has 1 unspecified atom stereocenters. The summed E-state index contributed by atoms with van der Waals surface area (Å²) in [4.78, 5) is 11.6. The lowest BCUT2D eigenvalue weighted by Gasteiger charge is -2.05. The van der Waals surface area contributed by atoms with E-state index in [1.54, 1.807) is 10.9 Å². The molecule has 1 saturated carbocycles. The van der Waals surface area contributed by atoms with E-state index >= 15 is 0 Å². The number of nitrogens with zero attached hydrogens (tertiary/aromatic N) is 2. The van der Waals surface area contributed by atoms with Gasteiger partial charge >= 0.3 is 0 Å². The molecule has 4 nitrogen and oxygen atoms in total. The van der Waals surface area contributed by atoms with Gasteiger partial charge in [0.1, 0.15) is 6.10 Å². The monoisotopic (exact) mass is 208 g/mol. The Balaban J connectivity index is 1.92. The first kappa shape index (κ1) is 10.4. The molecule has 0 spiro atoms. The van der Waals surface area contributed by atoms with Gasteiger partial charge in [-0.15, -0.1) is 0 Å². The molecule has 0 aromatic carbocycles. The highest BCUT2D eigenvalue weighted by molar-refractivity contribution is 5.85. The molecule has 1 atom stereocenters. The van der Waals surface area contributed by atoms with Gasteiger partial charge in [0.05, 0.1) is 6.20 Å². The topological polar surface area (TPSA) is 55.1 Å². The third-order valence-electron chi connectivity index (χ3n) is 2.79. The Morgan fingerprint density at radius 3 is 3.00 bits per heavy atom. The van der Waals surface area contributed by atoms with E-state index in [4.69, 9.17) is 0 Å². The molecule has 4 heteroatoms. The van der Waals surface area contributed by atoms with E-state index in [9.17, 15) is 9.90 Å². The SMILES string of the molecule is CCn1cc(CC(=O)C(O)C2CC2)cn1. The van der Waals surface area contributed by atoms with Crippen molar-refractivity contribution < 1.29 is 9.90 Å². The number of Topliss-reactive ketones (excluding diaryl/α,β-unsaturated/α-hetero) is 1. The zero-order valence-electron chi connectivity index (χ0n) is 8.89. The molecular weight excluding hydrogens is 192 g/mol. The predicted octanol–water partition coefficient (Wildman–Crippen LogP) is 0.785. The molecule has 0 bridgehead atoms. The third kappa shape index (κ3) is 2.45. The van der Waals surface area contributed by atoms with Crippen LogP contribution in [0.5, 0.6) is 0 Å². The highest BCUT2D eigenvalue weighted by Gasteiger charge is 2.34. The van der Waals surface area contributed by atoms with E-state index in [2.05, 4.69) is 5.10 Å². The number of hydrogen-bond acceptors (Lipinski definition) is 3. The van der Waals surface area contributed by atoms with Crippen LogP contribution in [0.3, 0.4) is 0 Å². The average Bonchev–Trinajstić information content (AvgIpc) is 2.98. The van der Waals surface area contributed by atoms with E-state index in [0.29, 0.717) is 6.42 Å². The Morgan fingerprint density at radius 1 is 1.73 bits per heavy atom. The van der Waals surface area contributed by atoms with Crippen molar-refractivity contribution in [2.24, 2.45) is 5.92 Å². The Kier molecular flexibility index (Phi) is 2.86. The second-order valence-electron chi connectivity index (χ2n) is 4.13.